The van der Waals surface area contributed by atoms with E-state index in [1.165, 1.54) is 18.3 Å². The lowest BCUT2D eigenvalue weighted by atomic mass is 9.90. The Bertz CT molecular complexity index is 517. The molecular formula is C12H19ClN2O3S. The molecule has 5 nitrogen and oxygen atoms in total. The van der Waals surface area contributed by atoms with Gasteiger partial charge < -0.3 is 4.74 Å². The molecule has 0 spiro atoms. The van der Waals surface area contributed by atoms with Crippen LogP contribution in [0, 0.1) is 5.41 Å². The molecule has 1 aromatic rings. The van der Waals surface area contributed by atoms with Gasteiger partial charge in [0.25, 0.3) is 0 Å². The maximum atomic E-state index is 12.1. The van der Waals surface area contributed by atoms with Crippen LogP contribution >= 0.6 is 11.6 Å². The van der Waals surface area contributed by atoms with Crippen LogP contribution in [0.4, 0.5) is 0 Å². The third kappa shape index (κ3) is 5.44. The summed E-state index contributed by atoms with van der Waals surface area (Å²) in [6, 6.07) is 2.74. The van der Waals surface area contributed by atoms with Crippen LogP contribution < -0.4 is 4.72 Å². The number of methoxy groups -OCH3 is 1. The Morgan fingerprint density at radius 3 is 2.74 bits per heavy atom. The van der Waals surface area contributed by atoms with Crippen molar-refractivity contribution in [3.8, 4) is 0 Å². The van der Waals surface area contributed by atoms with Gasteiger partial charge in [0.1, 0.15) is 5.15 Å². The highest BCUT2D eigenvalue weighted by Gasteiger charge is 2.22. The second-order valence-electron chi connectivity index (χ2n) is 5.05. The maximum Gasteiger partial charge on any atom is 0.240 e. The molecule has 1 N–H and O–H groups in total. The molecule has 0 amide bonds. The van der Waals surface area contributed by atoms with Gasteiger partial charge in [0, 0.05) is 26.5 Å². The quantitative estimate of drug-likeness (QED) is 0.783. The van der Waals surface area contributed by atoms with E-state index < -0.39 is 10.0 Å². The molecule has 1 heterocycles. The molecular weight excluding hydrogens is 288 g/mol. The first-order valence-corrected chi connectivity index (χ1v) is 7.73. The van der Waals surface area contributed by atoms with Crippen LogP contribution in [-0.2, 0) is 14.8 Å². The van der Waals surface area contributed by atoms with Crippen LogP contribution in [0.2, 0.25) is 5.15 Å². The minimum Gasteiger partial charge on any atom is -0.385 e. The van der Waals surface area contributed by atoms with Crippen molar-refractivity contribution in [2.75, 3.05) is 20.3 Å². The zero-order chi connectivity index (χ0) is 14.5. The standard InChI is InChI=1S/C12H19ClN2O3S/c1-12(2,5-7-18-3)9-15-19(16,17)10-4-6-14-11(13)8-10/h4,6,8,15H,5,7,9H2,1-3H3. The largest absolute Gasteiger partial charge is 0.385 e. The molecule has 1 rings (SSSR count). The van der Waals surface area contributed by atoms with Crippen LogP contribution in [0.15, 0.2) is 23.2 Å². The predicted molar refractivity (Wildman–Crippen MR) is 74.7 cm³/mol. The first kappa shape index (κ1) is 16.4. The summed E-state index contributed by atoms with van der Waals surface area (Å²) in [4.78, 5) is 3.88. The molecule has 1 aromatic heterocycles. The van der Waals surface area contributed by atoms with E-state index in [0.29, 0.717) is 13.2 Å². The lowest BCUT2D eigenvalue weighted by Crippen LogP contribution is -2.34. The smallest absolute Gasteiger partial charge is 0.240 e. The zero-order valence-corrected chi connectivity index (χ0v) is 12.9. The van der Waals surface area contributed by atoms with Crippen LogP contribution in [0.1, 0.15) is 20.3 Å². The Balaban J connectivity index is 2.71. The van der Waals surface area contributed by atoms with E-state index in [4.69, 9.17) is 16.3 Å². The maximum absolute atomic E-state index is 12.1. The highest BCUT2D eigenvalue weighted by molar-refractivity contribution is 7.89. The normalized spacial score (nSPS) is 12.6. The van der Waals surface area contributed by atoms with Crippen molar-refractivity contribution in [2.45, 2.75) is 25.2 Å². The van der Waals surface area contributed by atoms with Gasteiger partial charge in [-0.2, -0.15) is 0 Å². The summed E-state index contributed by atoms with van der Waals surface area (Å²) in [5, 5.41) is 0.154. The van der Waals surface area contributed by atoms with Crippen molar-refractivity contribution in [3.63, 3.8) is 0 Å². The van der Waals surface area contributed by atoms with Crippen LogP contribution in [0.3, 0.4) is 0 Å². The number of hydrogen-bond acceptors (Lipinski definition) is 4. The molecule has 0 aliphatic rings. The van der Waals surface area contributed by atoms with Crippen LogP contribution in [0.25, 0.3) is 0 Å². The first-order valence-electron chi connectivity index (χ1n) is 5.87. The van der Waals surface area contributed by atoms with E-state index in [0.717, 1.165) is 6.42 Å². The van der Waals surface area contributed by atoms with Gasteiger partial charge in [0.05, 0.1) is 4.90 Å². The molecule has 0 aromatic carbocycles. The van der Waals surface area contributed by atoms with Gasteiger partial charge in [-0.05, 0) is 24.0 Å². The van der Waals surface area contributed by atoms with E-state index in [9.17, 15) is 8.42 Å². The summed E-state index contributed by atoms with van der Waals surface area (Å²) in [5.74, 6) is 0. The summed E-state index contributed by atoms with van der Waals surface area (Å²) in [6.07, 6.45) is 2.14. The van der Waals surface area contributed by atoms with Gasteiger partial charge in [0.15, 0.2) is 0 Å². The third-order valence-corrected chi connectivity index (χ3v) is 4.34. The topological polar surface area (TPSA) is 68.3 Å². The van der Waals surface area contributed by atoms with E-state index >= 15 is 0 Å². The number of sulfonamides is 1. The van der Waals surface area contributed by atoms with Gasteiger partial charge in [-0.1, -0.05) is 25.4 Å². The van der Waals surface area contributed by atoms with Crippen molar-refractivity contribution < 1.29 is 13.2 Å². The number of ether oxygens (including phenoxy) is 1. The van der Waals surface area contributed by atoms with E-state index in [-0.39, 0.29) is 15.5 Å². The van der Waals surface area contributed by atoms with Crippen molar-refractivity contribution >= 4 is 21.6 Å². The average molecular weight is 307 g/mol. The predicted octanol–water partition coefficient (Wildman–Crippen LogP) is 2.08. The van der Waals surface area contributed by atoms with E-state index in [1.807, 2.05) is 13.8 Å². The summed E-state index contributed by atoms with van der Waals surface area (Å²) >= 11 is 5.69. The lowest BCUT2D eigenvalue weighted by molar-refractivity contribution is 0.153. The number of hydrogen-bond donors (Lipinski definition) is 1. The van der Waals surface area contributed by atoms with Gasteiger partial charge in [-0.15, -0.1) is 0 Å². The molecule has 0 saturated heterocycles. The average Bonchev–Trinajstić information content (AvgIpc) is 2.34. The molecule has 0 unspecified atom stereocenters. The van der Waals surface area contributed by atoms with Crippen molar-refractivity contribution in [3.05, 3.63) is 23.5 Å². The Labute approximate surface area is 119 Å². The fourth-order valence-electron chi connectivity index (χ4n) is 1.39. The highest BCUT2D eigenvalue weighted by Crippen LogP contribution is 2.20. The minimum absolute atomic E-state index is 0.120. The Morgan fingerprint density at radius 2 is 2.16 bits per heavy atom. The second-order valence-corrected chi connectivity index (χ2v) is 7.20. The van der Waals surface area contributed by atoms with Crippen LogP contribution in [0.5, 0.6) is 0 Å². The molecule has 7 heteroatoms. The Hall–Kier alpha value is -0.690. The summed E-state index contributed by atoms with van der Waals surface area (Å²) in [5.41, 5.74) is -0.181. The van der Waals surface area contributed by atoms with Gasteiger partial charge in [-0.25, -0.2) is 18.1 Å². The molecule has 108 valence electrons. The van der Waals surface area contributed by atoms with Crippen molar-refractivity contribution in [1.29, 1.82) is 0 Å². The number of halogens is 1. The molecule has 0 radical (unpaired) electrons. The van der Waals surface area contributed by atoms with Crippen molar-refractivity contribution in [2.24, 2.45) is 5.41 Å². The van der Waals surface area contributed by atoms with E-state index in [1.54, 1.807) is 7.11 Å². The molecule has 0 bridgehead atoms. The number of nitrogens with zero attached hydrogens (tertiary/aromatic N) is 1. The first-order chi connectivity index (χ1) is 8.77. The second kappa shape index (κ2) is 6.65. The van der Waals surface area contributed by atoms with Gasteiger partial charge in [-0.3, -0.25) is 0 Å². The number of rotatable bonds is 7. The minimum atomic E-state index is -3.56. The monoisotopic (exact) mass is 306 g/mol. The lowest BCUT2D eigenvalue weighted by Gasteiger charge is -2.24. The van der Waals surface area contributed by atoms with Crippen LogP contribution in [-0.4, -0.2) is 33.7 Å². The van der Waals surface area contributed by atoms with Gasteiger partial charge in [0.2, 0.25) is 10.0 Å². The molecule has 0 fully saturated rings. The zero-order valence-electron chi connectivity index (χ0n) is 11.3. The molecule has 19 heavy (non-hydrogen) atoms. The summed E-state index contributed by atoms with van der Waals surface area (Å²) < 4.78 is 31.7. The van der Waals surface area contributed by atoms with Gasteiger partial charge >= 0.3 is 0 Å². The SMILES string of the molecule is COCCC(C)(C)CNS(=O)(=O)c1ccnc(Cl)c1. The molecule has 0 atom stereocenters. The third-order valence-electron chi connectivity index (χ3n) is 2.73. The summed E-state index contributed by atoms with van der Waals surface area (Å²) in [7, 11) is -1.93. The number of aromatic nitrogens is 1. The number of nitrogens with one attached hydrogen (secondary N) is 1. The number of pyridine rings is 1. The highest BCUT2D eigenvalue weighted by atomic mass is 35.5. The fraction of sp³-hybridized carbons (Fsp3) is 0.583. The molecule has 0 aliphatic heterocycles. The fourth-order valence-corrected chi connectivity index (χ4v) is 2.89. The molecule has 0 saturated carbocycles. The molecule has 0 aliphatic carbocycles. The summed E-state index contributed by atoms with van der Waals surface area (Å²) in [6.45, 7) is 4.89. The van der Waals surface area contributed by atoms with Crippen molar-refractivity contribution in [1.82, 2.24) is 9.71 Å². The Kier molecular flexibility index (Phi) is 5.73. The van der Waals surface area contributed by atoms with E-state index in [2.05, 4.69) is 9.71 Å². The Morgan fingerprint density at radius 1 is 1.47 bits per heavy atom.